The van der Waals surface area contributed by atoms with Gasteiger partial charge in [0.25, 0.3) is 0 Å². The van der Waals surface area contributed by atoms with E-state index in [2.05, 4.69) is 0 Å². The molecule has 0 unspecified atom stereocenters. The van der Waals surface area contributed by atoms with Crippen LogP contribution in [0, 0.1) is 5.92 Å². The third-order valence-corrected chi connectivity index (χ3v) is 7.03. The second-order valence-electron chi connectivity index (χ2n) is 4.99. The topological polar surface area (TPSA) is 43.4 Å². The van der Waals surface area contributed by atoms with Crippen LogP contribution < -0.4 is 0 Å². The van der Waals surface area contributed by atoms with E-state index in [0.717, 1.165) is 26.1 Å². The van der Waals surface area contributed by atoms with Crippen LogP contribution in [0.15, 0.2) is 0 Å². The Morgan fingerprint density at radius 2 is 1.69 bits per heavy atom. The number of hydrogen-bond acceptors (Lipinski definition) is 3. The minimum atomic E-state index is -2.98. The highest BCUT2D eigenvalue weighted by molar-refractivity contribution is 7.92. The van der Waals surface area contributed by atoms with Crippen LogP contribution in [0.25, 0.3) is 0 Å². The van der Waals surface area contributed by atoms with Crippen molar-refractivity contribution >= 4 is 9.84 Å². The first-order valence-electron chi connectivity index (χ1n) is 6.25. The average molecular weight is 248 g/mol. The van der Waals surface area contributed by atoms with Gasteiger partial charge in [-0.05, 0) is 38.5 Å². The van der Waals surface area contributed by atoms with Crippen LogP contribution in [0.1, 0.15) is 46.5 Å². The van der Waals surface area contributed by atoms with Crippen molar-refractivity contribution < 1.29 is 13.2 Å². The molecule has 16 heavy (non-hydrogen) atoms. The molecule has 0 aromatic rings. The molecule has 1 fully saturated rings. The summed E-state index contributed by atoms with van der Waals surface area (Å²) in [5.41, 5.74) is 0. The summed E-state index contributed by atoms with van der Waals surface area (Å²) in [6.45, 7) is 7.24. The third kappa shape index (κ3) is 2.98. The molecule has 1 heterocycles. The molecule has 3 nitrogen and oxygen atoms in total. The van der Waals surface area contributed by atoms with Gasteiger partial charge >= 0.3 is 0 Å². The summed E-state index contributed by atoms with van der Waals surface area (Å²) in [7, 11) is -2.98. The van der Waals surface area contributed by atoms with Gasteiger partial charge in [-0.15, -0.1) is 0 Å². The second-order valence-corrected chi connectivity index (χ2v) is 7.54. The van der Waals surface area contributed by atoms with Gasteiger partial charge in [-0.2, -0.15) is 0 Å². The van der Waals surface area contributed by atoms with Gasteiger partial charge in [-0.3, -0.25) is 0 Å². The molecule has 1 rings (SSSR count). The Labute approximate surface area is 99.5 Å². The van der Waals surface area contributed by atoms with Gasteiger partial charge in [0.15, 0.2) is 9.84 Å². The fraction of sp³-hybridized carbons (Fsp3) is 1.00. The van der Waals surface area contributed by atoms with Crippen molar-refractivity contribution in [2.45, 2.75) is 51.2 Å². The molecule has 0 radical (unpaired) electrons. The van der Waals surface area contributed by atoms with Crippen molar-refractivity contribution in [2.24, 2.45) is 5.92 Å². The molecule has 0 atom stereocenters. The predicted octanol–water partition coefficient (Wildman–Crippen LogP) is 2.41. The van der Waals surface area contributed by atoms with E-state index in [-0.39, 0.29) is 0 Å². The normalized spacial score (nSPS) is 19.9. The maximum absolute atomic E-state index is 12.3. The first-order valence-corrected chi connectivity index (χ1v) is 7.90. The number of hydrogen-bond donors (Lipinski definition) is 0. The van der Waals surface area contributed by atoms with Gasteiger partial charge in [0.1, 0.15) is 0 Å². The van der Waals surface area contributed by atoms with E-state index in [0.29, 0.717) is 24.5 Å². The zero-order valence-corrected chi connectivity index (χ0v) is 11.5. The molecule has 0 aliphatic carbocycles. The standard InChI is InChI=1S/C12H24O3S/c1-4-12(3,5-2)16(13,14)10-11-6-8-15-9-7-11/h11H,4-10H2,1-3H3. The molecule has 0 N–H and O–H groups in total. The number of rotatable bonds is 5. The summed E-state index contributed by atoms with van der Waals surface area (Å²) in [5, 5.41) is 0. The molecule has 1 saturated heterocycles. The van der Waals surface area contributed by atoms with Crippen LogP contribution in [-0.2, 0) is 14.6 Å². The monoisotopic (exact) mass is 248 g/mol. The van der Waals surface area contributed by atoms with Gasteiger partial charge in [-0.25, -0.2) is 8.42 Å². The molecule has 0 spiro atoms. The highest BCUT2D eigenvalue weighted by Gasteiger charge is 2.37. The van der Waals surface area contributed by atoms with Crippen LogP contribution in [0.5, 0.6) is 0 Å². The highest BCUT2D eigenvalue weighted by Crippen LogP contribution is 2.29. The van der Waals surface area contributed by atoms with Crippen molar-refractivity contribution in [3.05, 3.63) is 0 Å². The second kappa shape index (κ2) is 5.50. The fourth-order valence-corrected chi connectivity index (χ4v) is 4.35. The summed E-state index contributed by atoms with van der Waals surface area (Å²) >= 11 is 0. The largest absolute Gasteiger partial charge is 0.381 e. The van der Waals surface area contributed by atoms with Crippen molar-refractivity contribution in [3.63, 3.8) is 0 Å². The minimum absolute atomic E-state index is 0.302. The lowest BCUT2D eigenvalue weighted by molar-refractivity contribution is 0.0722. The molecule has 4 heteroatoms. The lowest BCUT2D eigenvalue weighted by atomic mass is 10.0. The number of sulfone groups is 1. The minimum Gasteiger partial charge on any atom is -0.381 e. The molecule has 1 aliphatic heterocycles. The lowest BCUT2D eigenvalue weighted by Gasteiger charge is -2.30. The van der Waals surface area contributed by atoms with Gasteiger partial charge in [0.2, 0.25) is 0 Å². The molecule has 96 valence electrons. The predicted molar refractivity (Wildman–Crippen MR) is 66.3 cm³/mol. The average Bonchev–Trinajstić information content (AvgIpc) is 2.28. The quantitative estimate of drug-likeness (QED) is 0.750. The first-order chi connectivity index (χ1) is 7.45. The van der Waals surface area contributed by atoms with Crippen molar-refractivity contribution in [1.29, 1.82) is 0 Å². The van der Waals surface area contributed by atoms with E-state index in [4.69, 9.17) is 4.74 Å². The van der Waals surface area contributed by atoms with Crippen LogP contribution in [0.4, 0.5) is 0 Å². The molecule has 0 saturated carbocycles. The summed E-state index contributed by atoms with van der Waals surface area (Å²) < 4.78 is 29.4. The molecule has 0 aromatic carbocycles. The SMILES string of the molecule is CCC(C)(CC)S(=O)(=O)CC1CCOCC1. The van der Waals surface area contributed by atoms with Crippen molar-refractivity contribution in [3.8, 4) is 0 Å². The van der Waals surface area contributed by atoms with Crippen LogP contribution in [-0.4, -0.2) is 32.1 Å². The highest BCUT2D eigenvalue weighted by atomic mass is 32.2. The van der Waals surface area contributed by atoms with Gasteiger partial charge < -0.3 is 4.74 Å². The third-order valence-electron chi connectivity index (χ3n) is 4.04. The van der Waals surface area contributed by atoms with Crippen molar-refractivity contribution in [1.82, 2.24) is 0 Å². The summed E-state index contributed by atoms with van der Waals surface area (Å²) in [5.74, 6) is 0.644. The first kappa shape index (κ1) is 14.0. The summed E-state index contributed by atoms with van der Waals surface area (Å²) in [6, 6.07) is 0. The molecule has 0 aromatic heterocycles. The van der Waals surface area contributed by atoms with Gasteiger partial charge in [0, 0.05) is 13.2 Å². The lowest BCUT2D eigenvalue weighted by Crippen LogP contribution is -2.39. The van der Waals surface area contributed by atoms with Crippen LogP contribution in [0.2, 0.25) is 0 Å². The van der Waals surface area contributed by atoms with Crippen molar-refractivity contribution in [2.75, 3.05) is 19.0 Å². The van der Waals surface area contributed by atoms with Crippen LogP contribution in [0.3, 0.4) is 0 Å². The molecule has 0 amide bonds. The van der Waals surface area contributed by atoms with E-state index in [1.54, 1.807) is 0 Å². The Hall–Kier alpha value is -0.0900. The summed E-state index contributed by atoms with van der Waals surface area (Å²) in [6.07, 6.45) is 3.19. The molecule has 0 bridgehead atoms. The zero-order chi connectivity index (χ0) is 12.2. The van der Waals surface area contributed by atoms with E-state index in [1.807, 2.05) is 20.8 Å². The zero-order valence-electron chi connectivity index (χ0n) is 10.7. The fourth-order valence-electron chi connectivity index (χ4n) is 2.11. The van der Waals surface area contributed by atoms with Crippen LogP contribution >= 0.6 is 0 Å². The molecule has 1 aliphatic rings. The molecular formula is C12H24O3S. The van der Waals surface area contributed by atoms with E-state index in [1.165, 1.54) is 0 Å². The van der Waals surface area contributed by atoms with Gasteiger partial charge in [-0.1, -0.05) is 13.8 Å². The Kier molecular flexibility index (Phi) is 4.80. The summed E-state index contributed by atoms with van der Waals surface area (Å²) in [4.78, 5) is 0. The maximum Gasteiger partial charge on any atom is 0.155 e. The Morgan fingerprint density at radius 3 is 2.12 bits per heavy atom. The van der Waals surface area contributed by atoms with E-state index in [9.17, 15) is 8.42 Å². The maximum atomic E-state index is 12.3. The smallest absolute Gasteiger partial charge is 0.155 e. The van der Waals surface area contributed by atoms with E-state index >= 15 is 0 Å². The molecular weight excluding hydrogens is 224 g/mol. The van der Waals surface area contributed by atoms with E-state index < -0.39 is 14.6 Å². The number of ether oxygens (including phenoxy) is 1. The Balaban J connectivity index is 2.69. The Bertz CT molecular complexity index is 298. The Morgan fingerprint density at radius 1 is 1.19 bits per heavy atom. The van der Waals surface area contributed by atoms with Gasteiger partial charge in [0.05, 0.1) is 10.5 Å².